The van der Waals surface area contributed by atoms with E-state index in [2.05, 4.69) is 16.0 Å². The highest BCUT2D eigenvalue weighted by Gasteiger charge is 2.24. The van der Waals surface area contributed by atoms with Crippen molar-refractivity contribution in [2.45, 2.75) is 19.0 Å². The maximum atomic E-state index is 12.0. The zero-order chi connectivity index (χ0) is 17.8. The van der Waals surface area contributed by atoms with Crippen molar-refractivity contribution in [3.63, 3.8) is 0 Å². The highest BCUT2D eigenvalue weighted by Crippen LogP contribution is 2.02. The van der Waals surface area contributed by atoms with Crippen LogP contribution in [0.3, 0.4) is 0 Å². The number of rotatable bonds is 12. The molecule has 0 aliphatic rings. The molecule has 5 N–H and O–H groups in total. The molecule has 0 aromatic rings. The molecule has 0 aromatic carbocycles. The highest BCUT2D eigenvalue weighted by molar-refractivity contribution is 7.99. The SMILES string of the molecule is CC(=O)NCSC[C@H](NC(=O)[C@H](CO)NCCN(C)C)C(=O)O. The van der Waals surface area contributed by atoms with Gasteiger partial charge in [0.15, 0.2) is 0 Å². The second-order valence-corrected chi connectivity index (χ2v) is 6.17. The fourth-order valence-electron chi connectivity index (χ4n) is 1.48. The van der Waals surface area contributed by atoms with Crippen LogP contribution in [0.15, 0.2) is 0 Å². The van der Waals surface area contributed by atoms with Gasteiger partial charge >= 0.3 is 5.97 Å². The maximum absolute atomic E-state index is 12.0. The minimum atomic E-state index is -1.17. The molecule has 0 unspecified atom stereocenters. The molecule has 0 spiro atoms. The predicted octanol–water partition coefficient (Wildman–Crippen LogP) is -2.11. The Morgan fingerprint density at radius 1 is 1.22 bits per heavy atom. The molecule has 0 aromatic heterocycles. The first kappa shape index (κ1) is 21.6. The van der Waals surface area contributed by atoms with Crippen LogP contribution >= 0.6 is 11.8 Å². The van der Waals surface area contributed by atoms with Crippen molar-refractivity contribution in [3.8, 4) is 0 Å². The Kier molecular flexibility index (Phi) is 11.4. The molecule has 134 valence electrons. The number of carboxylic acid groups (broad SMARTS) is 1. The van der Waals surface area contributed by atoms with E-state index in [1.807, 2.05) is 19.0 Å². The summed E-state index contributed by atoms with van der Waals surface area (Å²) in [5, 5.41) is 26.2. The van der Waals surface area contributed by atoms with E-state index in [9.17, 15) is 19.5 Å². The maximum Gasteiger partial charge on any atom is 0.327 e. The van der Waals surface area contributed by atoms with Crippen LogP contribution in [0.25, 0.3) is 0 Å². The van der Waals surface area contributed by atoms with Gasteiger partial charge in [0, 0.05) is 25.8 Å². The summed E-state index contributed by atoms with van der Waals surface area (Å²) in [5.41, 5.74) is 0. The summed E-state index contributed by atoms with van der Waals surface area (Å²) in [4.78, 5) is 35.8. The standard InChI is InChI=1S/C13H26N4O5S/c1-9(19)15-8-23-7-11(13(21)22)16-12(20)10(6-18)14-4-5-17(2)3/h10-11,14,18H,4-8H2,1-3H3,(H,15,19)(H,16,20)(H,21,22)/t10-,11-/m0/s1. The van der Waals surface area contributed by atoms with Gasteiger partial charge in [-0.15, -0.1) is 11.8 Å². The quantitative estimate of drug-likeness (QED) is 0.200. The normalized spacial score (nSPS) is 13.4. The third kappa shape index (κ3) is 10.9. The van der Waals surface area contributed by atoms with Crippen molar-refractivity contribution in [1.29, 1.82) is 0 Å². The van der Waals surface area contributed by atoms with Gasteiger partial charge in [0.1, 0.15) is 12.1 Å². The summed E-state index contributed by atoms with van der Waals surface area (Å²) in [7, 11) is 3.75. The number of hydrogen-bond acceptors (Lipinski definition) is 7. The van der Waals surface area contributed by atoms with Crippen LogP contribution in [-0.4, -0.2) is 90.4 Å². The largest absolute Gasteiger partial charge is 0.480 e. The molecular weight excluding hydrogens is 324 g/mol. The van der Waals surface area contributed by atoms with Crippen LogP contribution in [0.1, 0.15) is 6.92 Å². The molecule has 9 nitrogen and oxygen atoms in total. The summed E-state index contributed by atoms with van der Waals surface area (Å²) in [6.07, 6.45) is 0. The Hall–Kier alpha value is -1.36. The molecular formula is C13H26N4O5S. The fraction of sp³-hybridized carbons (Fsp3) is 0.769. The van der Waals surface area contributed by atoms with E-state index in [-0.39, 0.29) is 17.5 Å². The Morgan fingerprint density at radius 2 is 1.87 bits per heavy atom. The highest BCUT2D eigenvalue weighted by atomic mass is 32.2. The Bertz CT molecular complexity index is 395. The summed E-state index contributed by atoms with van der Waals surface area (Å²) < 4.78 is 0. The number of carboxylic acids is 1. The predicted molar refractivity (Wildman–Crippen MR) is 88.1 cm³/mol. The second-order valence-electron chi connectivity index (χ2n) is 5.14. The van der Waals surface area contributed by atoms with E-state index in [4.69, 9.17) is 5.11 Å². The lowest BCUT2D eigenvalue weighted by molar-refractivity contribution is -0.141. The zero-order valence-electron chi connectivity index (χ0n) is 13.7. The third-order valence-corrected chi connectivity index (χ3v) is 3.69. The van der Waals surface area contributed by atoms with Crippen molar-refractivity contribution in [1.82, 2.24) is 20.9 Å². The molecule has 2 amide bonds. The first-order chi connectivity index (χ1) is 10.8. The summed E-state index contributed by atoms with van der Waals surface area (Å²) >= 11 is 1.18. The van der Waals surface area contributed by atoms with Gasteiger partial charge in [0.2, 0.25) is 11.8 Å². The number of carbonyl (C=O) groups excluding carboxylic acids is 2. The first-order valence-corrected chi connectivity index (χ1v) is 8.27. The van der Waals surface area contributed by atoms with Crippen LogP contribution in [0.2, 0.25) is 0 Å². The average molecular weight is 350 g/mol. The topological polar surface area (TPSA) is 131 Å². The van der Waals surface area contributed by atoms with E-state index in [0.717, 1.165) is 0 Å². The van der Waals surface area contributed by atoms with Gasteiger partial charge in [0.05, 0.1) is 12.5 Å². The number of thioether (sulfide) groups is 1. The number of nitrogens with one attached hydrogen (secondary N) is 3. The van der Waals surface area contributed by atoms with E-state index in [0.29, 0.717) is 13.1 Å². The smallest absolute Gasteiger partial charge is 0.327 e. The molecule has 0 rings (SSSR count). The summed E-state index contributed by atoms with van der Waals surface area (Å²) in [5.74, 6) is -1.58. The molecule has 2 atom stereocenters. The monoisotopic (exact) mass is 350 g/mol. The molecule has 0 heterocycles. The number of amides is 2. The molecule has 0 aliphatic carbocycles. The number of aliphatic hydroxyl groups is 1. The second kappa shape index (κ2) is 12.1. The van der Waals surface area contributed by atoms with Crippen molar-refractivity contribution in [2.24, 2.45) is 0 Å². The van der Waals surface area contributed by atoms with Crippen molar-refractivity contribution in [3.05, 3.63) is 0 Å². The van der Waals surface area contributed by atoms with Gasteiger partial charge in [-0.2, -0.15) is 0 Å². The van der Waals surface area contributed by atoms with Gasteiger partial charge in [0.25, 0.3) is 0 Å². The molecule has 0 aliphatic heterocycles. The molecule has 0 fully saturated rings. The minimum absolute atomic E-state index is 0.108. The summed E-state index contributed by atoms with van der Waals surface area (Å²) in [6, 6.07) is -1.96. The zero-order valence-corrected chi connectivity index (χ0v) is 14.5. The fourth-order valence-corrected chi connectivity index (χ4v) is 2.36. The number of nitrogens with zero attached hydrogens (tertiary/aromatic N) is 1. The Balaban J connectivity index is 4.33. The number of carbonyl (C=O) groups is 3. The van der Waals surface area contributed by atoms with Crippen molar-refractivity contribution in [2.75, 3.05) is 45.4 Å². The van der Waals surface area contributed by atoms with Gasteiger partial charge in [-0.3, -0.25) is 9.59 Å². The van der Waals surface area contributed by atoms with Gasteiger partial charge in [-0.05, 0) is 14.1 Å². The van der Waals surface area contributed by atoms with Gasteiger partial charge in [-0.1, -0.05) is 0 Å². The third-order valence-electron chi connectivity index (χ3n) is 2.77. The lowest BCUT2D eigenvalue weighted by atomic mass is 10.2. The van der Waals surface area contributed by atoms with Crippen LogP contribution < -0.4 is 16.0 Å². The molecule has 0 bridgehead atoms. The van der Waals surface area contributed by atoms with Crippen LogP contribution in [-0.2, 0) is 14.4 Å². The van der Waals surface area contributed by atoms with Gasteiger partial charge in [-0.25, -0.2) is 4.79 Å². The van der Waals surface area contributed by atoms with Crippen LogP contribution in [0.5, 0.6) is 0 Å². The lowest BCUT2D eigenvalue weighted by Gasteiger charge is -2.20. The number of likely N-dealkylation sites (N-methyl/N-ethyl adjacent to an activating group) is 1. The number of hydrogen-bond donors (Lipinski definition) is 5. The minimum Gasteiger partial charge on any atom is -0.480 e. The molecule has 23 heavy (non-hydrogen) atoms. The molecule has 10 heteroatoms. The van der Waals surface area contributed by atoms with Crippen LogP contribution in [0, 0.1) is 0 Å². The average Bonchev–Trinajstić information content (AvgIpc) is 2.45. The van der Waals surface area contributed by atoms with Gasteiger partial charge < -0.3 is 31.1 Å². The summed E-state index contributed by atoms with van der Waals surface area (Å²) in [6.45, 7) is 2.10. The molecule has 0 saturated carbocycles. The molecule has 0 saturated heterocycles. The van der Waals surface area contributed by atoms with Crippen molar-refractivity contribution >= 4 is 29.5 Å². The van der Waals surface area contributed by atoms with E-state index in [1.54, 1.807) is 0 Å². The van der Waals surface area contributed by atoms with E-state index < -0.39 is 30.6 Å². The molecule has 0 radical (unpaired) electrons. The van der Waals surface area contributed by atoms with Crippen molar-refractivity contribution < 1.29 is 24.6 Å². The van der Waals surface area contributed by atoms with E-state index >= 15 is 0 Å². The Labute approximate surface area is 140 Å². The number of aliphatic hydroxyl groups excluding tert-OH is 1. The Morgan fingerprint density at radius 3 is 2.35 bits per heavy atom. The number of aliphatic carboxylic acids is 1. The first-order valence-electron chi connectivity index (χ1n) is 7.12. The van der Waals surface area contributed by atoms with E-state index in [1.165, 1.54) is 18.7 Å². The van der Waals surface area contributed by atoms with Crippen LogP contribution in [0.4, 0.5) is 0 Å². The lowest BCUT2D eigenvalue weighted by Crippen LogP contribution is -2.53.